The van der Waals surface area contributed by atoms with E-state index >= 15 is 0 Å². The van der Waals surface area contributed by atoms with E-state index in [2.05, 4.69) is 0 Å². The van der Waals surface area contributed by atoms with Crippen LogP contribution in [0.4, 0.5) is 39.5 Å². The first kappa shape index (κ1) is 23.2. The van der Waals surface area contributed by atoms with Crippen molar-refractivity contribution in [1.29, 1.82) is 5.26 Å². The molecular weight excluding hydrogens is 401 g/mol. The first-order valence-corrected chi connectivity index (χ1v) is 8.53. The number of hydrogen-bond acceptors (Lipinski definition) is 4. The Morgan fingerprint density at radius 3 is 1.71 bits per heavy atom. The van der Waals surface area contributed by atoms with Gasteiger partial charge in [-0.15, -0.1) is 0 Å². The predicted octanol–water partition coefficient (Wildman–Crippen LogP) is 4.07. The van der Waals surface area contributed by atoms with Gasteiger partial charge in [-0.3, -0.25) is 0 Å². The maximum atomic E-state index is 12.7. The first-order valence-electron chi connectivity index (χ1n) is 5.83. The van der Waals surface area contributed by atoms with Crippen LogP contribution in [0.2, 0.25) is 0 Å². The Bertz CT molecular complexity index is 557. The summed E-state index contributed by atoms with van der Waals surface area (Å²) < 4.78 is 135. The molecule has 0 aliphatic rings. The minimum Gasteiger partial charge on any atom is -0.227 e. The summed E-state index contributed by atoms with van der Waals surface area (Å²) >= 11 is -0.738. The van der Waals surface area contributed by atoms with Crippen molar-refractivity contribution in [2.75, 3.05) is 11.5 Å². The molecule has 0 aromatic rings. The maximum absolute atomic E-state index is 12.7. The van der Waals surface area contributed by atoms with Gasteiger partial charge >= 0.3 is 17.9 Å². The minimum atomic E-state index is -5.99. The number of halogens is 9. The fraction of sp³-hybridized carbons (Fsp3) is 0.900. The van der Waals surface area contributed by atoms with E-state index in [1.54, 1.807) is 0 Å². The van der Waals surface area contributed by atoms with Crippen molar-refractivity contribution >= 4 is 21.6 Å². The fourth-order valence-corrected chi connectivity index (χ4v) is 4.14. The van der Waals surface area contributed by atoms with Gasteiger partial charge in [0.1, 0.15) is 5.25 Å². The van der Waals surface area contributed by atoms with E-state index in [9.17, 15) is 47.9 Å². The van der Waals surface area contributed by atoms with Crippen molar-refractivity contribution in [3.05, 3.63) is 0 Å². The molecule has 0 saturated carbocycles. The summed E-state index contributed by atoms with van der Waals surface area (Å²) in [6.45, 7) is -0.385. The average molecular weight is 411 g/mol. The summed E-state index contributed by atoms with van der Waals surface area (Å²) in [5.41, 5.74) is -9.43. The van der Waals surface area contributed by atoms with Crippen LogP contribution in [0.15, 0.2) is 0 Å². The van der Waals surface area contributed by atoms with Crippen molar-refractivity contribution in [2.24, 2.45) is 5.41 Å². The standard InChI is InChI=1S/C10H10F9NO2S2/c1-7(8(11,12)13,9(14,15)16)5-24(21,22)6(4-20)2-3-23-10(17,18)19/h6H,2-3,5H2,1H3. The van der Waals surface area contributed by atoms with Gasteiger partial charge in [0.15, 0.2) is 15.3 Å². The highest BCUT2D eigenvalue weighted by Crippen LogP contribution is 2.51. The Labute approximate surface area is 135 Å². The summed E-state index contributed by atoms with van der Waals surface area (Å²) in [5, 5.41) is 6.19. The molecule has 1 atom stereocenters. The van der Waals surface area contributed by atoms with Crippen molar-refractivity contribution in [3.63, 3.8) is 0 Å². The SMILES string of the molecule is CC(CS(=O)(=O)C(C#N)CCSC(F)(F)F)(C(F)(F)F)C(F)(F)F. The number of rotatable bonds is 6. The highest BCUT2D eigenvalue weighted by Gasteiger charge is 2.69. The van der Waals surface area contributed by atoms with E-state index in [0.29, 0.717) is 0 Å². The van der Waals surface area contributed by atoms with Gasteiger partial charge in [-0.1, -0.05) is 11.8 Å². The zero-order valence-electron chi connectivity index (χ0n) is 11.7. The number of alkyl halides is 9. The van der Waals surface area contributed by atoms with Gasteiger partial charge in [0.2, 0.25) is 0 Å². The van der Waals surface area contributed by atoms with E-state index in [-0.39, 0.29) is 6.92 Å². The number of sulfone groups is 1. The molecule has 0 bridgehead atoms. The first-order chi connectivity index (χ1) is 10.4. The summed E-state index contributed by atoms with van der Waals surface area (Å²) in [6.07, 6.45) is -13.0. The Morgan fingerprint density at radius 1 is 1.00 bits per heavy atom. The summed E-state index contributed by atoms with van der Waals surface area (Å²) in [4.78, 5) is 0. The second-order valence-electron chi connectivity index (χ2n) is 4.84. The van der Waals surface area contributed by atoms with Crippen LogP contribution in [0.5, 0.6) is 0 Å². The smallest absolute Gasteiger partial charge is 0.227 e. The zero-order valence-corrected chi connectivity index (χ0v) is 13.3. The third-order valence-electron chi connectivity index (χ3n) is 2.96. The van der Waals surface area contributed by atoms with E-state index in [1.165, 1.54) is 0 Å². The monoisotopic (exact) mass is 411 g/mol. The number of nitriles is 1. The molecule has 0 heterocycles. The third-order valence-corrected chi connectivity index (χ3v) is 5.92. The quantitative estimate of drug-likeness (QED) is 0.619. The summed E-state index contributed by atoms with van der Waals surface area (Å²) in [5.74, 6) is -3.49. The van der Waals surface area contributed by atoms with Crippen molar-refractivity contribution in [2.45, 2.75) is 36.5 Å². The van der Waals surface area contributed by atoms with Gasteiger partial charge in [0, 0.05) is 5.75 Å². The molecule has 0 rings (SSSR count). The van der Waals surface area contributed by atoms with Crippen LogP contribution in [0.3, 0.4) is 0 Å². The molecule has 24 heavy (non-hydrogen) atoms. The number of nitrogens with zero attached hydrogens (tertiary/aromatic N) is 1. The van der Waals surface area contributed by atoms with Crippen molar-refractivity contribution in [3.8, 4) is 6.07 Å². The second kappa shape index (κ2) is 7.19. The lowest BCUT2D eigenvalue weighted by Crippen LogP contribution is -2.53. The molecular formula is C10H10F9NO2S2. The van der Waals surface area contributed by atoms with Crippen LogP contribution in [0.1, 0.15) is 13.3 Å². The van der Waals surface area contributed by atoms with E-state index in [0.717, 1.165) is 6.07 Å². The highest BCUT2D eigenvalue weighted by atomic mass is 32.2. The zero-order chi connectivity index (χ0) is 19.6. The van der Waals surface area contributed by atoms with Crippen LogP contribution < -0.4 is 0 Å². The number of hydrogen-bond donors (Lipinski definition) is 0. The van der Waals surface area contributed by atoms with Gasteiger partial charge in [0.05, 0.1) is 11.8 Å². The molecule has 0 aliphatic heterocycles. The predicted molar refractivity (Wildman–Crippen MR) is 66.5 cm³/mol. The van der Waals surface area contributed by atoms with Gasteiger partial charge in [-0.25, -0.2) is 8.42 Å². The van der Waals surface area contributed by atoms with E-state index < -0.39 is 68.1 Å². The van der Waals surface area contributed by atoms with Crippen LogP contribution in [-0.2, 0) is 9.84 Å². The lowest BCUT2D eigenvalue weighted by atomic mass is 9.92. The molecule has 0 saturated heterocycles. The Kier molecular flexibility index (Phi) is 6.93. The van der Waals surface area contributed by atoms with Crippen LogP contribution in [0.25, 0.3) is 0 Å². The van der Waals surface area contributed by atoms with E-state index in [4.69, 9.17) is 5.26 Å². The molecule has 0 aliphatic carbocycles. The van der Waals surface area contributed by atoms with Crippen molar-refractivity contribution in [1.82, 2.24) is 0 Å². The third kappa shape index (κ3) is 5.91. The molecule has 142 valence electrons. The van der Waals surface area contributed by atoms with Gasteiger partial charge in [-0.2, -0.15) is 44.8 Å². The highest BCUT2D eigenvalue weighted by molar-refractivity contribution is 8.00. The molecule has 0 amide bonds. The average Bonchev–Trinajstić information content (AvgIpc) is 2.29. The fourth-order valence-electron chi connectivity index (χ4n) is 1.43. The molecule has 1 unspecified atom stereocenters. The molecule has 14 heteroatoms. The summed E-state index contributed by atoms with van der Waals surface area (Å²) in [6, 6.07) is 0.951. The van der Waals surface area contributed by atoms with E-state index in [1.807, 2.05) is 0 Å². The molecule has 0 radical (unpaired) electrons. The second-order valence-corrected chi connectivity index (χ2v) is 8.18. The molecule has 0 fully saturated rings. The van der Waals surface area contributed by atoms with Crippen LogP contribution >= 0.6 is 11.8 Å². The molecule has 0 aromatic heterocycles. The topological polar surface area (TPSA) is 57.9 Å². The minimum absolute atomic E-state index is 0.385. The molecule has 0 N–H and O–H groups in total. The van der Waals surface area contributed by atoms with Gasteiger partial charge < -0.3 is 0 Å². The van der Waals surface area contributed by atoms with Crippen LogP contribution in [0, 0.1) is 16.7 Å². The van der Waals surface area contributed by atoms with Crippen LogP contribution in [-0.4, -0.2) is 43.0 Å². The van der Waals surface area contributed by atoms with Gasteiger partial charge in [0.25, 0.3) is 0 Å². The number of thioether (sulfide) groups is 1. The summed E-state index contributed by atoms with van der Waals surface area (Å²) in [7, 11) is -5.30. The Morgan fingerprint density at radius 2 is 1.42 bits per heavy atom. The normalized spacial score (nSPS) is 15.9. The lowest BCUT2D eigenvalue weighted by molar-refractivity contribution is -0.325. The molecule has 0 spiro atoms. The van der Waals surface area contributed by atoms with Crippen molar-refractivity contribution < 1.29 is 47.9 Å². The Hall–Kier alpha value is -0.840. The lowest BCUT2D eigenvalue weighted by Gasteiger charge is -2.34. The largest absolute Gasteiger partial charge is 0.441 e. The molecule has 3 nitrogen and oxygen atoms in total. The maximum Gasteiger partial charge on any atom is 0.441 e. The van der Waals surface area contributed by atoms with Gasteiger partial charge in [-0.05, 0) is 13.3 Å². The molecule has 0 aromatic carbocycles. The Balaban J connectivity index is 5.45.